The molecule has 21 heavy (non-hydrogen) atoms. The van der Waals surface area contributed by atoms with Crippen LogP contribution in [0, 0.1) is 0 Å². The van der Waals surface area contributed by atoms with Crippen LogP contribution in [0.15, 0.2) is 53.4 Å². The summed E-state index contributed by atoms with van der Waals surface area (Å²) in [5.41, 5.74) is 3.08. The predicted octanol–water partition coefficient (Wildman–Crippen LogP) is 4.21. The predicted molar refractivity (Wildman–Crippen MR) is 88.0 cm³/mol. The SMILES string of the molecule is CSc1ccccc1NCc1ccc(C(C)C(=O)O)cc1. The minimum atomic E-state index is -0.797. The minimum Gasteiger partial charge on any atom is -0.481 e. The molecule has 0 bridgehead atoms. The number of para-hydroxylation sites is 1. The third kappa shape index (κ3) is 4.02. The van der Waals surface area contributed by atoms with Crippen LogP contribution in [0.4, 0.5) is 5.69 Å². The molecule has 0 heterocycles. The largest absolute Gasteiger partial charge is 0.481 e. The van der Waals surface area contributed by atoms with Crippen LogP contribution in [0.1, 0.15) is 24.0 Å². The van der Waals surface area contributed by atoms with E-state index in [0.717, 1.165) is 23.4 Å². The smallest absolute Gasteiger partial charge is 0.310 e. The van der Waals surface area contributed by atoms with E-state index in [1.54, 1.807) is 18.7 Å². The van der Waals surface area contributed by atoms with Crippen molar-refractivity contribution in [1.82, 2.24) is 0 Å². The summed E-state index contributed by atoms with van der Waals surface area (Å²) >= 11 is 1.71. The van der Waals surface area contributed by atoms with Crippen LogP contribution >= 0.6 is 11.8 Å². The first kappa shape index (κ1) is 15.4. The molecule has 1 unspecified atom stereocenters. The normalized spacial score (nSPS) is 11.9. The van der Waals surface area contributed by atoms with Crippen molar-refractivity contribution >= 4 is 23.4 Å². The van der Waals surface area contributed by atoms with Gasteiger partial charge in [0.05, 0.1) is 5.92 Å². The number of anilines is 1. The van der Waals surface area contributed by atoms with Crippen molar-refractivity contribution in [2.45, 2.75) is 24.3 Å². The Bertz CT molecular complexity index is 610. The highest BCUT2D eigenvalue weighted by atomic mass is 32.2. The molecule has 3 nitrogen and oxygen atoms in total. The molecule has 0 amide bonds. The lowest BCUT2D eigenvalue weighted by atomic mass is 10.00. The summed E-state index contributed by atoms with van der Waals surface area (Å²) in [7, 11) is 0. The number of hydrogen-bond donors (Lipinski definition) is 2. The second-order valence-electron chi connectivity index (χ2n) is 4.86. The van der Waals surface area contributed by atoms with E-state index in [4.69, 9.17) is 5.11 Å². The Morgan fingerprint density at radius 1 is 1.19 bits per heavy atom. The van der Waals surface area contributed by atoms with Crippen molar-refractivity contribution in [3.05, 3.63) is 59.7 Å². The molecule has 0 aromatic heterocycles. The monoisotopic (exact) mass is 301 g/mol. The van der Waals surface area contributed by atoms with Crippen LogP contribution in [-0.2, 0) is 11.3 Å². The van der Waals surface area contributed by atoms with Crippen molar-refractivity contribution in [3.63, 3.8) is 0 Å². The van der Waals surface area contributed by atoms with Crippen LogP contribution in [0.3, 0.4) is 0 Å². The molecule has 0 saturated carbocycles. The Labute approximate surface area is 129 Å². The molecule has 2 aromatic rings. The van der Waals surface area contributed by atoms with E-state index < -0.39 is 11.9 Å². The fraction of sp³-hybridized carbons (Fsp3) is 0.235. The minimum absolute atomic E-state index is 0.468. The highest BCUT2D eigenvalue weighted by Crippen LogP contribution is 2.25. The topological polar surface area (TPSA) is 49.3 Å². The zero-order chi connectivity index (χ0) is 15.2. The maximum atomic E-state index is 11.0. The molecule has 110 valence electrons. The molecule has 0 radical (unpaired) electrons. The van der Waals surface area contributed by atoms with Gasteiger partial charge in [-0.2, -0.15) is 0 Å². The molecular formula is C17H19NO2S. The number of aliphatic carboxylic acids is 1. The maximum absolute atomic E-state index is 11.0. The summed E-state index contributed by atoms with van der Waals surface area (Å²) in [6.45, 7) is 2.42. The van der Waals surface area contributed by atoms with E-state index in [-0.39, 0.29) is 0 Å². The molecule has 0 aliphatic carbocycles. The van der Waals surface area contributed by atoms with Gasteiger partial charge in [0.25, 0.3) is 0 Å². The molecule has 2 rings (SSSR count). The van der Waals surface area contributed by atoms with Crippen LogP contribution < -0.4 is 5.32 Å². The van der Waals surface area contributed by atoms with Gasteiger partial charge in [0.1, 0.15) is 0 Å². The Balaban J connectivity index is 2.02. The Morgan fingerprint density at radius 2 is 1.86 bits per heavy atom. The molecular weight excluding hydrogens is 282 g/mol. The van der Waals surface area contributed by atoms with E-state index in [9.17, 15) is 4.79 Å². The van der Waals surface area contributed by atoms with Crippen molar-refractivity contribution in [2.24, 2.45) is 0 Å². The van der Waals surface area contributed by atoms with Gasteiger partial charge in [-0.15, -0.1) is 11.8 Å². The zero-order valence-electron chi connectivity index (χ0n) is 12.2. The van der Waals surface area contributed by atoms with Crippen LogP contribution in [0.5, 0.6) is 0 Å². The number of nitrogens with one attached hydrogen (secondary N) is 1. The third-order valence-corrected chi connectivity index (χ3v) is 4.24. The molecule has 2 N–H and O–H groups in total. The van der Waals surface area contributed by atoms with Gasteiger partial charge in [-0.25, -0.2) is 0 Å². The lowest BCUT2D eigenvalue weighted by Crippen LogP contribution is -2.07. The molecule has 1 atom stereocenters. The first-order valence-corrected chi connectivity index (χ1v) is 8.03. The number of benzene rings is 2. The van der Waals surface area contributed by atoms with Crippen LogP contribution in [0.25, 0.3) is 0 Å². The Hall–Kier alpha value is -1.94. The Kier molecular flexibility index (Phi) is 5.28. The van der Waals surface area contributed by atoms with Crippen molar-refractivity contribution < 1.29 is 9.90 Å². The molecule has 0 aliphatic rings. The second kappa shape index (κ2) is 7.18. The lowest BCUT2D eigenvalue weighted by Gasteiger charge is -2.11. The van der Waals surface area contributed by atoms with Crippen molar-refractivity contribution in [1.29, 1.82) is 0 Å². The van der Waals surface area contributed by atoms with E-state index in [0.29, 0.717) is 0 Å². The van der Waals surface area contributed by atoms with Gasteiger partial charge in [-0.1, -0.05) is 36.4 Å². The molecule has 0 fully saturated rings. The van der Waals surface area contributed by atoms with Gasteiger partial charge < -0.3 is 10.4 Å². The van der Waals surface area contributed by atoms with Gasteiger partial charge >= 0.3 is 5.97 Å². The third-order valence-electron chi connectivity index (χ3n) is 3.44. The summed E-state index contributed by atoms with van der Waals surface area (Å²) in [6, 6.07) is 15.9. The number of carbonyl (C=O) groups is 1. The summed E-state index contributed by atoms with van der Waals surface area (Å²) in [5.74, 6) is -1.26. The van der Waals surface area contributed by atoms with Crippen molar-refractivity contribution in [3.8, 4) is 0 Å². The average Bonchev–Trinajstić information content (AvgIpc) is 2.52. The fourth-order valence-corrected chi connectivity index (χ4v) is 2.63. The number of thioether (sulfide) groups is 1. The molecule has 0 spiro atoms. The second-order valence-corrected chi connectivity index (χ2v) is 5.70. The van der Waals surface area contributed by atoms with E-state index in [2.05, 4.69) is 23.7 Å². The molecule has 0 saturated heterocycles. The molecule has 0 aliphatic heterocycles. The van der Waals surface area contributed by atoms with Gasteiger partial charge in [0, 0.05) is 17.1 Å². The van der Waals surface area contributed by atoms with E-state index >= 15 is 0 Å². The summed E-state index contributed by atoms with van der Waals surface area (Å²) < 4.78 is 0. The summed E-state index contributed by atoms with van der Waals surface area (Å²) in [4.78, 5) is 12.2. The number of carboxylic acids is 1. The number of carboxylic acid groups (broad SMARTS) is 1. The van der Waals surface area contributed by atoms with Crippen LogP contribution in [0.2, 0.25) is 0 Å². The van der Waals surface area contributed by atoms with Gasteiger partial charge in [-0.3, -0.25) is 4.79 Å². The Morgan fingerprint density at radius 3 is 2.48 bits per heavy atom. The summed E-state index contributed by atoms with van der Waals surface area (Å²) in [6.07, 6.45) is 2.06. The number of rotatable bonds is 6. The van der Waals surface area contributed by atoms with E-state index in [1.807, 2.05) is 36.4 Å². The highest BCUT2D eigenvalue weighted by molar-refractivity contribution is 7.98. The molecule has 4 heteroatoms. The van der Waals surface area contributed by atoms with Gasteiger partial charge in [-0.05, 0) is 36.4 Å². The zero-order valence-corrected chi connectivity index (χ0v) is 13.0. The number of hydrogen-bond acceptors (Lipinski definition) is 3. The standard InChI is InChI=1S/C17H19NO2S/c1-12(17(19)20)14-9-7-13(8-10-14)11-18-15-5-3-4-6-16(15)21-2/h3-10,12,18H,11H2,1-2H3,(H,19,20). The quantitative estimate of drug-likeness (QED) is 0.785. The van der Waals surface area contributed by atoms with E-state index in [1.165, 1.54) is 4.90 Å². The van der Waals surface area contributed by atoms with Gasteiger partial charge in [0.2, 0.25) is 0 Å². The first-order chi connectivity index (χ1) is 10.1. The molecule has 2 aromatic carbocycles. The van der Waals surface area contributed by atoms with Crippen molar-refractivity contribution in [2.75, 3.05) is 11.6 Å². The maximum Gasteiger partial charge on any atom is 0.310 e. The lowest BCUT2D eigenvalue weighted by molar-refractivity contribution is -0.138. The highest BCUT2D eigenvalue weighted by Gasteiger charge is 2.12. The van der Waals surface area contributed by atoms with Gasteiger partial charge in [0.15, 0.2) is 0 Å². The van der Waals surface area contributed by atoms with Crippen LogP contribution in [-0.4, -0.2) is 17.3 Å². The summed E-state index contributed by atoms with van der Waals surface area (Å²) in [5, 5.41) is 12.4. The first-order valence-electron chi connectivity index (χ1n) is 6.80. The fourth-order valence-electron chi connectivity index (χ4n) is 2.05. The average molecular weight is 301 g/mol.